The van der Waals surface area contributed by atoms with Gasteiger partial charge in [0.25, 0.3) is 0 Å². The van der Waals surface area contributed by atoms with Gasteiger partial charge in [0.2, 0.25) is 0 Å². The first kappa shape index (κ1) is 11.4. The maximum atomic E-state index is 5.96. The number of aromatic nitrogens is 1. The van der Waals surface area contributed by atoms with Crippen LogP contribution in [0, 0.1) is 0 Å². The van der Waals surface area contributed by atoms with Crippen LogP contribution < -0.4 is 10.5 Å². The van der Waals surface area contributed by atoms with Gasteiger partial charge in [-0.1, -0.05) is 18.2 Å². The van der Waals surface area contributed by atoms with Crippen LogP contribution >= 0.6 is 0 Å². The largest absolute Gasteiger partial charge is 0.488 e. The molecule has 0 fully saturated rings. The summed E-state index contributed by atoms with van der Waals surface area (Å²) in [6, 6.07) is 12.4. The number of nitrogens with zero attached hydrogens (tertiary/aromatic N) is 1. The zero-order chi connectivity index (χ0) is 12.5. The zero-order valence-electron chi connectivity index (χ0n) is 10.5. The molecule has 2 aromatic rings. The standard InChI is InChI=1S/C15H18N2O/c1-11(16)14-6-4-8-17(14)10-13-9-12-5-2-3-7-15(12)18-13/h2-8,11,13H,9-10,16H2,1H3. The Morgan fingerprint density at radius 3 is 2.94 bits per heavy atom. The van der Waals surface area contributed by atoms with Gasteiger partial charge in [-0.2, -0.15) is 0 Å². The number of hydrogen-bond donors (Lipinski definition) is 1. The van der Waals surface area contributed by atoms with Crippen molar-refractivity contribution in [2.75, 3.05) is 0 Å². The van der Waals surface area contributed by atoms with Gasteiger partial charge in [0.15, 0.2) is 0 Å². The molecule has 3 heteroatoms. The average molecular weight is 242 g/mol. The van der Waals surface area contributed by atoms with Gasteiger partial charge in [-0.05, 0) is 30.7 Å². The van der Waals surface area contributed by atoms with Crippen molar-refractivity contribution >= 4 is 0 Å². The van der Waals surface area contributed by atoms with Gasteiger partial charge in [0, 0.05) is 24.4 Å². The molecule has 3 nitrogen and oxygen atoms in total. The molecule has 0 spiro atoms. The molecule has 0 saturated heterocycles. The molecular formula is C15H18N2O. The van der Waals surface area contributed by atoms with E-state index in [-0.39, 0.29) is 12.1 Å². The number of hydrogen-bond acceptors (Lipinski definition) is 2. The van der Waals surface area contributed by atoms with E-state index >= 15 is 0 Å². The Hall–Kier alpha value is -1.74. The van der Waals surface area contributed by atoms with Gasteiger partial charge < -0.3 is 15.0 Å². The molecule has 2 unspecified atom stereocenters. The lowest BCUT2D eigenvalue weighted by Crippen LogP contribution is -2.23. The lowest BCUT2D eigenvalue weighted by molar-refractivity contribution is 0.207. The van der Waals surface area contributed by atoms with Crippen LogP contribution in [0.4, 0.5) is 0 Å². The van der Waals surface area contributed by atoms with Crippen molar-refractivity contribution in [3.63, 3.8) is 0 Å². The Bertz CT molecular complexity index is 520. The Kier molecular flexibility index (Phi) is 2.84. The van der Waals surface area contributed by atoms with E-state index in [1.165, 1.54) is 5.56 Å². The first-order chi connectivity index (χ1) is 8.74. The smallest absolute Gasteiger partial charge is 0.123 e. The van der Waals surface area contributed by atoms with Crippen molar-refractivity contribution in [2.24, 2.45) is 5.73 Å². The molecule has 1 aromatic carbocycles. The van der Waals surface area contributed by atoms with Crippen LogP contribution in [0.1, 0.15) is 24.2 Å². The predicted molar refractivity (Wildman–Crippen MR) is 71.6 cm³/mol. The van der Waals surface area contributed by atoms with Gasteiger partial charge in [-0.25, -0.2) is 0 Å². The monoisotopic (exact) mass is 242 g/mol. The second kappa shape index (κ2) is 4.50. The van der Waals surface area contributed by atoms with E-state index in [0.717, 1.165) is 24.4 Å². The van der Waals surface area contributed by atoms with Crippen LogP contribution in [0.15, 0.2) is 42.6 Å². The van der Waals surface area contributed by atoms with Gasteiger partial charge in [0.1, 0.15) is 11.9 Å². The molecule has 2 N–H and O–H groups in total. The van der Waals surface area contributed by atoms with Crippen LogP contribution in [-0.4, -0.2) is 10.7 Å². The predicted octanol–water partition coefficient (Wildman–Crippen LogP) is 2.51. The van der Waals surface area contributed by atoms with Crippen molar-refractivity contribution in [2.45, 2.75) is 32.0 Å². The fourth-order valence-electron chi connectivity index (χ4n) is 2.58. The normalized spacial score (nSPS) is 19.3. The van der Waals surface area contributed by atoms with Gasteiger partial charge in [-0.3, -0.25) is 0 Å². The van der Waals surface area contributed by atoms with Crippen molar-refractivity contribution in [3.8, 4) is 5.75 Å². The summed E-state index contributed by atoms with van der Waals surface area (Å²) in [5, 5.41) is 0. The Morgan fingerprint density at radius 1 is 1.33 bits per heavy atom. The van der Waals surface area contributed by atoms with Gasteiger partial charge in [-0.15, -0.1) is 0 Å². The minimum absolute atomic E-state index is 0.0591. The minimum Gasteiger partial charge on any atom is -0.488 e. The molecular weight excluding hydrogens is 224 g/mol. The number of ether oxygens (including phenoxy) is 1. The molecule has 0 aliphatic carbocycles. The molecule has 1 aromatic heterocycles. The van der Waals surface area contributed by atoms with Crippen LogP contribution in [0.3, 0.4) is 0 Å². The zero-order valence-corrected chi connectivity index (χ0v) is 10.5. The molecule has 1 aliphatic rings. The highest BCUT2D eigenvalue weighted by molar-refractivity contribution is 5.37. The van der Waals surface area contributed by atoms with E-state index in [0.29, 0.717) is 0 Å². The van der Waals surface area contributed by atoms with Crippen molar-refractivity contribution in [1.82, 2.24) is 4.57 Å². The molecule has 2 heterocycles. The fourth-order valence-corrected chi connectivity index (χ4v) is 2.58. The van der Waals surface area contributed by atoms with Crippen molar-refractivity contribution in [3.05, 3.63) is 53.9 Å². The third-order valence-corrected chi connectivity index (χ3v) is 3.45. The van der Waals surface area contributed by atoms with Crippen molar-refractivity contribution in [1.29, 1.82) is 0 Å². The summed E-state index contributed by atoms with van der Waals surface area (Å²) in [4.78, 5) is 0. The van der Waals surface area contributed by atoms with Gasteiger partial charge in [0.05, 0.1) is 6.54 Å². The van der Waals surface area contributed by atoms with E-state index in [4.69, 9.17) is 10.5 Å². The van der Waals surface area contributed by atoms with Crippen molar-refractivity contribution < 1.29 is 4.74 Å². The number of rotatable bonds is 3. The third kappa shape index (κ3) is 2.02. The summed E-state index contributed by atoms with van der Waals surface area (Å²) in [6.45, 7) is 2.87. The first-order valence-electron chi connectivity index (χ1n) is 6.39. The van der Waals surface area contributed by atoms with Gasteiger partial charge >= 0.3 is 0 Å². The highest BCUT2D eigenvalue weighted by Gasteiger charge is 2.23. The Morgan fingerprint density at radius 2 is 2.17 bits per heavy atom. The summed E-state index contributed by atoms with van der Waals surface area (Å²) in [5.41, 5.74) is 8.42. The first-order valence-corrected chi connectivity index (χ1v) is 6.39. The summed E-state index contributed by atoms with van der Waals surface area (Å²) in [6.07, 6.45) is 3.27. The molecule has 94 valence electrons. The molecule has 2 atom stereocenters. The van der Waals surface area contributed by atoms with Crippen LogP contribution in [0.25, 0.3) is 0 Å². The quantitative estimate of drug-likeness (QED) is 0.898. The highest BCUT2D eigenvalue weighted by Crippen LogP contribution is 2.29. The third-order valence-electron chi connectivity index (χ3n) is 3.45. The van der Waals surface area contributed by atoms with Crippen LogP contribution in [0.2, 0.25) is 0 Å². The van der Waals surface area contributed by atoms with E-state index < -0.39 is 0 Å². The highest BCUT2D eigenvalue weighted by atomic mass is 16.5. The second-order valence-corrected chi connectivity index (χ2v) is 4.93. The van der Waals surface area contributed by atoms with Crippen LogP contribution in [0.5, 0.6) is 5.75 Å². The number of nitrogens with two attached hydrogens (primary N) is 1. The van der Waals surface area contributed by atoms with Crippen LogP contribution in [-0.2, 0) is 13.0 Å². The fraction of sp³-hybridized carbons (Fsp3) is 0.333. The molecule has 3 rings (SSSR count). The maximum absolute atomic E-state index is 5.96. The summed E-state index contributed by atoms with van der Waals surface area (Å²) in [5.74, 6) is 1.03. The summed E-state index contributed by atoms with van der Waals surface area (Å²) >= 11 is 0. The summed E-state index contributed by atoms with van der Waals surface area (Å²) in [7, 11) is 0. The molecule has 18 heavy (non-hydrogen) atoms. The Balaban J connectivity index is 1.74. The molecule has 0 bridgehead atoms. The number of para-hydroxylation sites is 1. The van der Waals surface area contributed by atoms with E-state index in [2.05, 4.69) is 29.0 Å². The second-order valence-electron chi connectivity index (χ2n) is 4.93. The van der Waals surface area contributed by atoms with E-state index in [9.17, 15) is 0 Å². The molecule has 0 amide bonds. The number of fused-ring (bicyclic) bond motifs is 1. The summed E-state index contributed by atoms with van der Waals surface area (Å²) < 4.78 is 8.15. The molecule has 1 aliphatic heterocycles. The average Bonchev–Trinajstić information content (AvgIpc) is 2.94. The topological polar surface area (TPSA) is 40.2 Å². The SMILES string of the molecule is CC(N)c1cccn1CC1Cc2ccccc2O1. The lowest BCUT2D eigenvalue weighted by atomic mass is 10.1. The lowest BCUT2D eigenvalue weighted by Gasteiger charge is -2.16. The number of benzene rings is 1. The molecule has 0 saturated carbocycles. The van der Waals surface area contributed by atoms with E-state index in [1.54, 1.807) is 0 Å². The minimum atomic E-state index is 0.0591. The van der Waals surface area contributed by atoms with E-state index in [1.807, 2.05) is 25.1 Å². The maximum Gasteiger partial charge on any atom is 0.123 e. The molecule has 0 radical (unpaired) electrons. The Labute approximate surface area is 107 Å².